The Morgan fingerprint density at radius 2 is 0.878 bits per heavy atom. The topological polar surface area (TPSA) is 6.48 Å². The van der Waals surface area contributed by atoms with Gasteiger partial charge in [0.1, 0.15) is 0 Å². The van der Waals surface area contributed by atoms with Crippen LogP contribution in [0.3, 0.4) is 0 Å². The summed E-state index contributed by atoms with van der Waals surface area (Å²) < 4.78 is 0. The number of hydrogen-bond donors (Lipinski definition) is 0. The molecule has 0 aliphatic heterocycles. The molecule has 12 rings (SSSR count). The van der Waals surface area contributed by atoms with Crippen molar-refractivity contribution in [2.75, 3.05) is 9.80 Å². The van der Waals surface area contributed by atoms with Crippen LogP contribution in [0.2, 0.25) is 0 Å². The van der Waals surface area contributed by atoms with Crippen LogP contribution in [-0.2, 0) is 5.41 Å². The van der Waals surface area contributed by atoms with Gasteiger partial charge in [0.05, 0.1) is 0 Å². The SMILES string of the molecule is CC(C)(C)C1=CC(N(C2=CC=C(c3cccc(C4=CCCC(C5=CC=C(N(c6ccc(-c7ccccc7)cc6)c6ccc(-c7ccccc7)c(C(C)(C)C)c6)CC5)=C4)c3)CC2)c2ccc(-c3ccccc3)cc2)=CCC1c1ccccc1. The molecule has 2 nitrogen and oxygen atoms in total. The summed E-state index contributed by atoms with van der Waals surface area (Å²) in [6.07, 6.45) is 26.4. The van der Waals surface area contributed by atoms with Gasteiger partial charge in [-0.1, -0.05) is 247 Å². The lowest BCUT2D eigenvalue weighted by atomic mass is 9.72. The molecule has 406 valence electrons. The Hall–Kier alpha value is -8.72. The molecular formula is C80H76N2. The maximum Gasteiger partial charge on any atom is 0.0461 e. The molecule has 8 aromatic rings. The highest BCUT2D eigenvalue weighted by Gasteiger charge is 2.32. The van der Waals surface area contributed by atoms with Gasteiger partial charge in [-0.25, -0.2) is 0 Å². The van der Waals surface area contributed by atoms with Crippen molar-refractivity contribution in [2.45, 2.75) is 97.8 Å². The Morgan fingerprint density at radius 1 is 0.366 bits per heavy atom. The Balaban J connectivity index is 0.828. The predicted octanol–water partition coefficient (Wildman–Crippen LogP) is 22.1. The fourth-order valence-electron chi connectivity index (χ4n) is 12.8. The van der Waals surface area contributed by atoms with E-state index in [1.165, 1.54) is 118 Å². The van der Waals surface area contributed by atoms with Crippen LogP contribution in [0.15, 0.2) is 295 Å². The van der Waals surface area contributed by atoms with Gasteiger partial charge in [0.15, 0.2) is 0 Å². The van der Waals surface area contributed by atoms with E-state index in [1.807, 2.05) is 0 Å². The van der Waals surface area contributed by atoms with Crippen LogP contribution in [0.1, 0.15) is 115 Å². The van der Waals surface area contributed by atoms with Crippen molar-refractivity contribution in [2.24, 2.45) is 5.41 Å². The Labute approximate surface area is 488 Å². The van der Waals surface area contributed by atoms with Gasteiger partial charge in [0.25, 0.3) is 0 Å². The fourth-order valence-corrected chi connectivity index (χ4v) is 12.8. The first-order chi connectivity index (χ1) is 39.9. The summed E-state index contributed by atoms with van der Waals surface area (Å²) in [6, 6.07) is 78.1. The Kier molecular flexibility index (Phi) is 15.4. The lowest BCUT2D eigenvalue weighted by Crippen LogP contribution is -2.27. The van der Waals surface area contributed by atoms with E-state index in [2.05, 4.69) is 312 Å². The number of nitrogens with zero attached hydrogens (tertiary/aromatic N) is 2. The summed E-state index contributed by atoms with van der Waals surface area (Å²) in [5.74, 6) is 0.351. The average Bonchev–Trinajstić information content (AvgIpc) is 3.72. The molecule has 0 amide bonds. The van der Waals surface area contributed by atoms with Crippen LogP contribution in [0.5, 0.6) is 0 Å². The molecule has 82 heavy (non-hydrogen) atoms. The van der Waals surface area contributed by atoms with Crippen molar-refractivity contribution >= 4 is 28.2 Å². The normalized spacial score (nSPS) is 16.5. The molecule has 0 radical (unpaired) electrons. The molecule has 0 saturated carbocycles. The summed E-state index contributed by atoms with van der Waals surface area (Å²) in [7, 11) is 0. The maximum atomic E-state index is 2.54. The minimum Gasteiger partial charge on any atom is -0.315 e. The largest absolute Gasteiger partial charge is 0.315 e. The number of allylic oxidation sites excluding steroid dienone is 15. The highest BCUT2D eigenvalue weighted by Crippen LogP contribution is 2.47. The van der Waals surface area contributed by atoms with Crippen LogP contribution >= 0.6 is 0 Å². The molecule has 0 aromatic heterocycles. The van der Waals surface area contributed by atoms with Gasteiger partial charge >= 0.3 is 0 Å². The van der Waals surface area contributed by atoms with Crippen molar-refractivity contribution in [1.82, 2.24) is 0 Å². The van der Waals surface area contributed by atoms with E-state index in [1.54, 1.807) is 0 Å². The first kappa shape index (κ1) is 53.9. The summed E-state index contributed by atoms with van der Waals surface area (Å²) in [4.78, 5) is 5.04. The second kappa shape index (κ2) is 23.4. The van der Waals surface area contributed by atoms with Crippen LogP contribution < -0.4 is 9.80 Å². The second-order valence-electron chi connectivity index (χ2n) is 24.7. The van der Waals surface area contributed by atoms with Gasteiger partial charge in [-0.3, -0.25) is 0 Å². The van der Waals surface area contributed by atoms with Crippen molar-refractivity contribution in [3.63, 3.8) is 0 Å². The van der Waals surface area contributed by atoms with E-state index in [0.29, 0.717) is 5.92 Å². The van der Waals surface area contributed by atoms with E-state index >= 15 is 0 Å². The zero-order valence-electron chi connectivity index (χ0n) is 48.7. The third-order valence-electron chi connectivity index (χ3n) is 17.1. The number of hydrogen-bond acceptors (Lipinski definition) is 2. The third kappa shape index (κ3) is 11.7. The maximum absolute atomic E-state index is 2.54. The third-order valence-corrected chi connectivity index (χ3v) is 17.1. The van der Waals surface area contributed by atoms with E-state index in [-0.39, 0.29) is 10.8 Å². The smallest absolute Gasteiger partial charge is 0.0461 e. The second-order valence-corrected chi connectivity index (χ2v) is 24.7. The van der Waals surface area contributed by atoms with E-state index in [4.69, 9.17) is 0 Å². The first-order valence-corrected chi connectivity index (χ1v) is 29.8. The van der Waals surface area contributed by atoms with Gasteiger partial charge < -0.3 is 9.80 Å². The molecular weight excluding hydrogens is 989 g/mol. The molecule has 0 heterocycles. The number of rotatable bonds is 13. The van der Waals surface area contributed by atoms with Crippen LogP contribution in [0.4, 0.5) is 17.1 Å². The highest BCUT2D eigenvalue weighted by atomic mass is 15.2. The highest BCUT2D eigenvalue weighted by molar-refractivity contribution is 5.82. The van der Waals surface area contributed by atoms with Crippen molar-refractivity contribution < 1.29 is 0 Å². The summed E-state index contributed by atoms with van der Waals surface area (Å²) >= 11 is 0. The zero-order valence-corrected chi connectivity index (χ0v) is 48.7. The monoisotopic (exact) mass is 1060 g/mol. The van der Waals surface area contributed by atoms with Gasteiger partial charge in [-0.05, 0) is 194 Å². The van der Waals surface area contributed by atoms with Gasteiger partial charge in [0, 0.05) is 40.1 Å². The standard InChI is InChI=1S/C80H76N2/c1-79(2,3)77-55-73(49-51-75(77)63-25-15-9-16-26-63)81(69-41-33-59(34-42-69)57-21-11-7-12-22-57)71-45-37-61(38-46-71)65-29-19-31-67(53-65)68-32-20-30-66(54-68)62-39-47-72(48-40-62)82(70-43-35-60(36-44-70)58-23-13-8-14-24-58)74-50-52-76(64-27-17-10-18-28-64)78(56-74)80(4,5)6/h7-19,21-29,31-37,39,41-45,47,49-50,52-56,75H,20,30,38,40,46,48,51H2,1-6H3. The van der Waals surface area contributed by atoms with Crippen molar-refractivity contribution in [3.05, 3.63) is 317 Å². The molecule has 0 N–H and O–H groups in total. The van der Waals surface area contributed by atoms with Gasteiger partial charge in [-0.15, -0.1) is 0 Å². The van der Waals surface area contributed by atoms with E-state index in [9.17, 15) is 0 Å². The van der Waals surface area contributed by atoms with Crippen LogP contribution in [0.25, 0.3) is 44.5 Å². The first-order valence-electron chi connectivity index (χ1n) is 29.8. The number of benzene rings is 8. The molecule has 0 spiro atoms. The molecule has 1 unspecified atom stereocenters. The molecule has 0 fully saturated rings. The molecule has 0 saturated heterocycles. The Bertz CT molecular complexity index is 3850. The number of anilines is 3. The van der Waals surface area contributed by atoms with Gasteiger partial charge in [-0.2, -0.15) is 0 Å². The average molecular weight is 1070 g/mol. The van der Waals surface area contributed by atoms with Crippen molar-refractivity contribution in [3.8, 4) is 33.4 Å². The van der Waals surface area contributed by atoms with E-state index in [0.717, 1.165) is 44.9 Å². The summed E-state index contributed by atoms with van der Waals surface area (Å²) in [5, 5.41) is 0. The van der Waals surface area contributed by atoms with Crippen LogP contribution in [0, 0.1) is 5.41 Å². The quantitative estimate of drug-likeness (QED) is 0.114. The molecule has 2 heteroatoms. The summed E-state index contributed by atoms with van der Waals surface area (Å²) in [6.45, 7) is 14.1. The van der Waals surface area contributed by atoms with Crippen molar-refractivity contribution in [1.29, 1.82) is 0 Å². The lowest BCUT2D eigenvalue weighted by Gasteiger charge is -2.38. The minimum absolute atomic E-state index is 0.00678. The van der Waals surface area contributed by atoms with Crippen LogP contribution in [-0.4, -0.2) is 0 Å². The molecule has 1 atom stereocenters. The Morgan fingerprint density at radius 3 is 1.45 bits per heavy atom. The minimum atomic E-state index is -0.0566. The van der Waals surface area contributed by atoms with Gasteiger partial charge in [0.2, 0.25) is 0 Å². The molecule has 0 bridgehead atoms. The predicted molar refractivity (Wildman–Crippen MR) is 351 cm³/mol. The molecule has 4 aliphatic rings. The zero-order chi connectivity index (χ0) is 56.2. The molecule has 4 aliphatic carbocycles. The summed E-state index contributed by atoms with van der Waals surface area (Å²) in [5.41, 5.74) is 27.3. The van der Waals surface area contributed by atoms with E-state index < -0.39 is 0 Å². The fraction of sp³-hybridized carbons (Fsp3) is 0.200. The lowest BCUT2D eigenvalue weighted by molar-refractivity contribution is 0.458. The molecule has 8 aromatic carbocycles.